The van der Waals surface area contributed by atoms with Gasteiger partial charge in [0.25, 0.3) is 5.91 Å². The van der Waals surface area contributed by atoms with E-state index in [0.717, 1.165) is 12.1 Å². The molecule has 2 aromatic rings. The van der Waals surface area contributed by atoms with Crippen LogP contribution in [-0.2, 0) is 11.0 Å². The Balaban J connectivity index is 1.77. The lowest BCUT2D eigenvalue weighted by Crippen LogP contribution is -2.34. The van der Waals surface area contributed by atoms with Crippen molar-refractivity contribution < 1.29 is 27.9 Å². The molecule has 27 heavy (non-hydrogen) atoms. The number of aryl methyl sites for hydroxylation is 1. The Bertz CT molecular complexity index is 876. The van der Waals surface area contributed by atoms with Gasteiger partial charge >= 0.3 is 12.1 Å². The van der Waals surface area contributed by atoms with E-state index in [4.69, 9.17) is 5.11 Å². The molecule has 0 unspecified atom stereocenters. The lowest BCUT2D eigenvalue weighted by molar-refractivity contribution is -0.141. The number of H-pyrrole nitrogens is 1. The number of amides is 1. The normalized spacial score (nSPS) is 19.9. The minimum Gasteiger partial charge on any atom is -0.481 e. The molecule has 0 spiro atoms. The van der Waals surface area contributed by atoms with Gasteiger partial charge in [-0.1, -0.05) is 12.1 Å². The highest BCUT2D eigenvalue weighted by molar-refractivity contribution is 5.94. The van der Waals surface area contributed by atoms with Crippen LogP contribution in [-0.4, -0.2) is 33.0 Å². The molecule has 1 aliphatic carbocycles. The van der Waals surface area contributed by atoms with Crippen molar-refractivity contribution in [1.29, 1.82) is 0 Å². The molecular weight excluding hydrogens is 363 g/mol. The quantitative estimate of drug-likeness (QED) is 0.757. The fraction of sp³-hybridized carbons (Fsp3) is 0.389. The number of aromatic nitrogens is 2. The van der Waals surface area contributed by atoms with Crippen LogP contribution in [0.5, 0.6) is 0 Å². The Hall–Kier alpha value is -2.84. The van der Waals surface area contributed by atoms with Crippen LogP contribution >= 0.6 is 0 Å². The SMILES string of the molecule is Cc1[nH]c(-c2cccc(C(F)(F)F)c2)nc1C(=O)N[C@H]1CC[C@@H](C(=O)O)C1. The first-order valence-corrected chi connectivity index (χ1v) is 8.43. The molecule has 1 aliphatic rings. The van der Waals surface area contributed by atoms with E-state index in [9.17, 15) is 22.8 Å². The zero-order valence-electron chi connectivity index (χ0n) is 14.4. The number of carboxylic acids is 1. The number of nitrogens with one attached hydrogen (secondary N) is 2. The Kier molecular flexibility index (Phi) is 4.95. The molecule has 0 bridgehead atoms. The third-order valence-corrected chi connectivity index (χ3v) is 4.68. The number of nitrogens with zero attached hydrogens (tertiary/aromatic N) is 1. The van der Waals surface area contributed by atoms with E-state index >= 15 is 0 Å². The van der Waals surface area contributed by atoms with Gasteiger partial charge in [-0.2, -0.15) is 13.2 Å². The number of carbonyl (C=O) groups is 2. The number of hydrogen-bond acceptors (Lipinski definition) is 3. The third-order valence-electron chi connectivity index (χ3n) is 4.68. The van der Waals surface area contributed by atoms with E-state index in [2.05, 4.69) is 15.3 Å². The summed E-state index contributed by atoms with van der Waals surface area (Å²) in [5.74, 6) is -1.66. The maximum absolute atomic E-state index is 12.9. The highest BCUT2D eigenvalue weighted by atomic mass is 19.4. The lowest BCUT2D eigenvalue weighted by Gasteiger charge is -2.11. The molecule has 0 radical (unpaired) electrons. The molecule has 3 rings (SSSR count). The maximum Gasteiger partial charge on any atom is 0.416 e. The molecule has 6 nitrogen and oxygen atoms in total. The van der Waals surface area contributed by atoms with Crippen LogP contribution in [0, 0.1) is 12.8 Å². The summed E-state index contributed by atoms with van der Waals surface area (Å²) in [5.41, 5.74) is -0.0709. The Morgan fingerprint density at radius 2 is 2.04 bits per heavy atom. The monoisotopic (exact) mass is 381 g/mol. The predicted octanol–water partition coefficient (Wildman–Crippen LogP) is 3.39. The summed E-state index contributed by atoms with van der Waals surface area (Å²) in [6, 6.07) is 4.43. The van der Waals surface area contributed by atoms with Crippen molar-refractivity contribution in [1.82, 2.24) is 15.3 Å². The molecule has 1 aromatic heterocycles. The Morgan fingerprint density at radius 1 is 1.30 bits per heavy atom. The number of halogens is 3. The summed E-state index contributed by atoms with van der Waals surface area (Å²) in [4.78, 5) is 30.4. The number of aromatic amines is 1. The fourth-order valence-corrected chi connectivity index (χ4v) is 3.25. The zero-order valence-corrected chi connectivity index (χ0v) is 14.4. The first-order chi connectivity index (χ1) is 12.6. The van der Waals surface area contributed by atoms with Gasteiger partial charge in [-0.15, -0.1) is 0 Å². The number of carboxylic acid groups (broad SMARTS) is 1. The predicted molar refractivity (Wildman–Crippen MR) is 90.0 cm³/mol. The number of hydrogen-bond donors (Lipinski definition) is 3. The van der Waals surface area contributed by atoms with E-state index in [1.807, 2.05) is 0 Å². The summed E-state index contributed by atoms with van der Waals surface area (Å²) in [7, 11) is 0. The van der Waals surface area contributed by atoms with Crippen LogP contribution in [0.1, 0.15) is 41.0 Å². The number of benzene rings is 1. The van der Waals surface area contributed by atoms with Gasteiger partial charge in [0.15, 0.2) is 0 Å². The molecule has 0 aliphatic heterocycles. The number of rotatable bonds is 4. The van der Waals surface area contributed by atoms with Gasteiger partial charge in [-0.25, -0.2) is 4.98 Å². The minimum atomic E-state index is -4.47. The average Bonchev–Trinajstić information content (AvgIpc) is 3.21. The van der Waals surface area contributed by atoms with Crippen LogP contribution in [0.25, 0.3) is 11.4 Å². The number of carbonyl (C=O) groups excluding carboxylic acids is 1. The lowest BCUT2D eigenvalue weighted by atomic mass is 10.1. The van der Waals surface area contributed by atoms with Gasteiger partial charge in [0.1, 0.15) is 11.5 Å². The van der Waals surface area contributed by atoms with Gasteiger partial charge in [-0.3, -0.25) is 9.59 Å². The second-order valence-electron chi connectivity index (χ2n) is 6.66. The molecule has 1 fully saturated rings. The largest absolute Gasteiger partial charge is 0.481 e. The molecule has 1 amide bonds. The van der Waals surface area contributed by atoms with Crippen LogP contribution in [0.3, 0.4) is 0 Å². The van der Waals surface area contributed by atoms with E-state index in [0.29, 0.717) is 25.0 Å². The highest BCUT2D eigenvalue weighted by Crippen LogP contribution is 2.32. The number of alkyl halides is 3. The molecule has 0 saturated heterocycles. The number of imidazole rings is 1. The van der Waals surface area contributed by atoms with Crippen LogP contribution < -0.4 is 5.32 Å². The summed E-state index contributed by atoms with van der Waals surface area (Å²) in [5, 5.41) is 11.8. The Morgan fingerprint density at radius 3 is 2.67 bits per heavy atom. The van der Waals surface area contributed by atoms with Crippen molar-refractivity contribution >= 4 is 11.9 Å². The maximum atomic E-state index is 12.9. The van der Waals surface area contributed by atoms with Crippen molar-refractivity contribution in [2.45, 2.75) is 38.4 Å². The summed E-state index contributed by atoms with van der Waals surface area (Å²) < 4.78 is 38.6. The van der Waals surface area contributed by atoms with E-state index in [1.165, 1.54) is 12.1 Å². The van der Waals surface area contributed by atoms with E-state index < -0.39 is 29.5 Å². The smallest absolute Gasteiger partial charge is 0.416 e. The summed E-state index contributed by atoms with van der Waals surface area (Å²) in [6.07, 6.45) is -3.06. The second kappa shape index (κ2) is 7.05. The summed E-state index contributed by atoms with van der Waals surface area (Å²) >= 11 is 0. The minimum absolute atomic E-state index is 0.0844. The molecular formula is C18H18F3N3O3. The number of aliphatic carboxylic acids is 1. The van der Waals surface area contributed by atoms with Gasteiger partial charge in [0.05, 0.1) is 11.5 Å². The van der Waals surface area contributed by atoms with E-state index in [1.54, 1.807) is 6.92 Å². The molecule has 1 saturated carbocycles. The van der Waals surface area contributed by atoms with Crippen LogP contribution in [0.15, 0.2) is 24.3 Å². The van der Waals surface area contributed by atoms with Crippen LogP contribution in [0.4, 0.5) is 13.2 Å². The molecule has 3 N–H and O–H groups in total. The zero-order chi connectivity index (χ0) is 19.8. The van der Waals surface area contributed by atoms with Crippen molar-refractivity contribution in [3.8, 4) is 11.4 Å². The van der Waals surface area contributed by atoms with Crippen LogP contribution in [0.2, 0.25) is 0 Å². The molecule has 1 heterocycles. The second-order valence-corrected chi connectivity index (χ2v) is 6.66. The van der Waals surface area contributed by atoms with Gasteiger partial charge in [0, 0.05) is 17.3 Å². The van der Waals surface area contributed by atoms with E-state index in [-0.39, 0.29) is 23.1 Å². The first-order valence-electron chi connectivity index (χ1n) is 8.43. The standard InChI is InChI=1S/C18H18F3N3O3/c1-9-14(16(25)23-13-6-5-11(8-13)17(26)27)24-15(22-9)10-3-2-4-12(7-10)18(19,20)21/h2-4,7,11,13H,5-6,8H2,1H3,(H,22,24)(H,23,25)(H,26,27)/t11-,13+/m1/s1. The van der Waals surface area contributed by atoms with Crippen molar-refractivity contribution in [3.63, 3.8) is 0 Å². The topological polar surface area (TPSA) is 95.1 Å². The third kappa shape index (κ3) is 4.12. The van der Waals surface area contributed by atoms with Crippen molar-refractivity contribution in [2.75, 3.05) is 0 Å². The summed E-state index contributed by atoms with van der Waals surface area (Å²) in [6.45, 7) is 1.60. The highest BCUT2D eigenvalue weighted by Gasteiger charge is 2.32. The fourth-order valence-electron chi connectivity index (χ4n) is 3.25. The Labute approximate surface area is 152 Å². The van der Waals surface area contributed by atoms with Gasteiger partial charge < -0.3 is 15.4 Å². The molecule has 2 atom stereocenters. The van der Waals surface area contributed by atoms with Gasteiger partial charge in [-0.05, 0) is 38.3 Å². The van der Waals surface area contributed by atoms with Crippen molar-refractivity contribution in [3.05, 3.63) is 41.2 Å². The first kappa shape index (κ1) is 18.9. The van der Waals surface area contributed by atoms with Gasteiger partial charge in [0.2, 0.25) is 0 Å². The van der Waals surface area contributed by atoms with Crippen molar-refractivity contribution in [2.24, 2.45) is 5.92 Å². The molecule has 1 aromatic carbocycles. The molecule has 9 heteroatoms. The average molecular weight is 381 g/mol. The molecule has 144 valence electrons.